The minimum absolute atomic E-state index is 0.0177. The fourth-order valence-corrected chi connectivity index (χ4v) is 3.12. The third-order valence-electron chi connectivity index (χ3n) is 4.90. The summed E-state index contributed by atoms with van der Waals surface area (Å²) >= 11 is 0. The van der Waals surface area contributed by atoms with Crippen molar-refractivity contribution in [1.29, 1.82) is 0 Å². The summed E-state index contributed by atoms with van der Waals surface area (Å²) < 4.78 is 5.49. The lowest BCUT2D eigenvalue weighted by atomic mass is 10.0. The zero-order valence-corrected chi connectivity index (χ0v) is 16.8. The van der Waals surface area contributed by atoms with E-state index in [-0.39, 0.29) is 11.9 Å². The van der Waals surface area contributed by atoms with Gasteiger partial charge in [-0.25, -0.2) is 0 Å². The highest BCUT2D eigenvalue weighted by Gasteiger charge is 2.19. The van der Waals surface area contributed by atoms with Crippen LogP contribution in [0.5, 0.6) is 5.75 Å². The van der Waals surface area contributed by atoms with Gasteiger partial charge in [0.2, 0.25) is 0 Å². The Hall–Kier alpha value is -3.14. The molecule has 0 fully saturated rings. The third-order valence-corrected chi connectivity index (χ3v) is 4.90. The van der Waals surface area contributed by atoms with Crippen LogP contribution in [0.1, 0.15) is 41.4 Å². The second kappa shape index (κ2) is 8.70. The SMILES string of the molecule is CCOc1ccc([C@H](C)N(C)C(=O)c2cccc(-c3cc(C)ccn3)c2)cc1. The molecule has 3 aromatic rings. The van der Waals surface area contributed by atoms with Crippen LogP contribution in [0.15, 0.2) is 66.9 Å². The first-order chi connectivity index (χ1) is 13.5. The number of hydrogen-bond acceptors (Lipinski definition) is 3. The molecular weight excluding hydrogens is 348 g/mol. The molecule has 0 N–H and O–H groups in total. The summed E-state index contributed by atoms with van der Waals surface area (Å²) in [6, 6.07) is 19.5. The summed E-state index contributed by atoms with van der Waals surface area (Å²) in [5.74, 6) is 0.821. The first-order valence-electron chi connectivity index (χ1n) is 9.52. The van der Waals surface area contributed by atoms with Crippen molar-refractivity contribution in [3.05, 3.63) is 83.6 Å². The van der Waals surface area contributed by atoms with Crippen LogP contribution in [0.3, 0.4) is 0 Å². The molecule has 2 aromatic carbocycles. The summed E-state index contributed by atoms with van der Waals surface area (Å²) in [5, 5.41) is 0. The Morgan fingerprint density at radius 3 is 2.54 bits per heavy atom. The average Bonchev–Trinajstić information content (AvgIpc) is 2.73. The number of nitrogens with zero attached hydrogens (tertiary/aromatic N) is 2. The van der Waals surface area contributed by atoms with Gasteiger partial charge in [-0.1, -0.05) is 24.3 Å². The molecule has 0 saturated heterocycles. The van der Waals surface area contributed by atoms with Crippen molar-refractivity contribution < 1.29 is 9.53 Å². The van der Waals surface area contributed by atoms with Crippen molar-refractivity contribution in [2.75, 3.05) is 13.7 Å². The molecule has 0 spiro atoms. The highest BCUT2D eigenvalue weighted by Crippen LogP contribution is 2.25. The van der Waals surface area contributed by atoms with E-state index in [9.17, 15) is 4.79 Å². The molecule has 4 nitrogen and oxygen atoms in total. The predicted molar refractivity (Wildman–Crippen MR) is 113 cm³/mol. The van der Waals surface area contributed by atoms with E-state index in [0.29, 0.717) is 12.2 Å². The molecule has 1 aromatic heterocycles. The third kappa shape index (κ3) is 4.39. The summed E-state index contributed by atoms with van der Waals surface area (Å²) in [6.45, 7) is 6.66. The molecule has 3 rings (SSSR count). The maximum Gasteiger partial charge on any atom is 0.254 e. The molecule has 144 valence electrons. The Morgan fingerprint density at radius 1 is 1.11 bits per heavy atom. The monoisotopic (exact) mass is 374 g/mol. The Morgan fingerprint density at radius 2 is 1.86 bits per heavy atom. The van der Waals surface area contributed by atoms with Crippen LogP contribution in [0.4, 0.5) is 0 Å². The number of carbonyl (C=O) groups excluding carboxylic acids is 1. The van der Waals surface area contributed by atoms with Gasteiger partial charge in [-0.15, -0.1) is 0 Å². The molecule has 0 aliphatic carbocycles. The maximum atomic E-state index is 13.1. The lowest BCUT2D eigenvalue weighted by molar-refractivity contribution is 0.0742. The van der Waals surface area contributed by atoms with E-state index in [1.54, 1.807) is 11.1 Å². The summed E-state index contributed by atoms with van der Waals surface area (Å²) in [6.07, 6.45) is 1.79. The average molecular weight is 374 g/mol. The normalized spacial score (nSPS) is 11.7. The van der Waals surface area contributed by atoms with E-state index < -0.39 is 0 Å². The fraction of sp³-hybridized carbons (Fsp3) is 0.250. The van der Waals surface area contributed by atoms with Gasteiger partial charge >= 0.3 is 0 Å². The van der Waals surface area contributed by atoms with Crippen LogP contribution >= 0.6 is 0 Å². The molecule has 0 aliphatic heterocycles. The zero-order valence-electron chi connectivity index (χ0n) is 16.8. The van der Waals surface area contributed by atoms with Crippen molar-refractivity contribution in [3.8, 4) is 17.0 Å². The largest absolute Gasteiger partial charge is 0.494 e. The lowest BCUT2D eigenvalue weighted by Crippen LogP contribution is -2.29. The minimum atomic E-state index is -0.0519. The maximum absolute atomic E-state index is 13.1. The molecule has 4 heteroatoms. The first-order valence-corrected chi connectivity index (χ1v) is 9.52. The first kappa shape index (κ1) is 19.6. The Kier molecular flexibility index (Phi) is 6.09. The summed E-state index contributed by atoms with van der Waals surface area (Å²) in [5.41, 5.74) is 4.67. The van der Waals surface area contributed by atoms with Crippen LogP contribution in [0.25, 0.3) is 11.3 Å². The number of ether oxygens (including phenoxy) is 1. The van der Waals surface area contributed by atoms with Crippen LogP contribution in [0, 0.1) is 6.92 Å². The van der Waals surface area contributed by atoms with Gasteiger partial charge in [0.25, 0.3) is 5.91 Å². The van der Waals surface area contributed by atoms with E-state index >= 15 is 0 Å². The number of pyridine rings is 1. The van der Waals surface area contributed by atoms with Gasteiger partial charge in [0.15, 0.2) is 0 Å². The number of rotatable bonds is 6. The van der Waals surface area contributed by atoms with E-state index in [0.717, 1.165) is 28.1 Å². The number of hydrogen-bond donors (Lipinski definition) is 0. The quantitative estimate of drug-likeness (QED) is 0.589. The van der Waals surface area contributed by atoms with Crippen LogP contribution in [-0.2, 0) is 0 Å². The smallest absolute Gasteiger partial charge is 0.254 e. The zero-order chi connectivity index (χ0) is 20.1. The van der Waals surface area contributed by atoms with Gasteiger partial charge in [-0.05, 0) is 68.3 Å². The van der Waals surface area contributed by atoms with Gasteiger partial charge in [0.05, 0.1) is 18.3 Å². The molecule has 1 atom stereocenters. The van der Waals surface area contributed by atoms with Crippen molar-refractivity contribution in [2.24, 2.45) is 0 Å². The van der Waals surface area contributed by atoms with E-state index in [2.05, 4.69) is 4.98 Å². The Balaban J connectivity index is 1.80. The molecule has 1 heterocycles. The van der Waals surface area contributed by atoms with Gasteiger partial charge in [-0.3, -0.25) is 9.78 Å². The molecule has 0 bridgehead atoms. The van der Waals surface area contributed by atoms with E-state index in [1.165, 1.54) is 0 Å². The van der Waals surface area contributed by atoms with Crippen LogP contribution < -0.4 is 4.74 Å². The number of benzene rings is 2. The van der Waals surface area contributed by atoms with Crippen molar-refractivity contribution in [2.45, 2.75) is 26.8 Å². The second-order valence-corrected chi connectivity index (χ2v) is 6.89. The topological polar surface area (TPSA) is 42.4 Å². The lowest BCUT2D eigenvalue weighted by Gasteiger charge is -2.26. The van der Waals surface area contributed by atoms with Crippen LogP contribution in [0.2, 0.25) is 0 Å². The second-order valence-electron chi connectivity index (χ2n) is 6.89. The van der Waals surface area contributed by atoms with Crippen molar-refractivity contribution in [3.63, 3.8) is 0 Å². The molecule has 0 saturated carbocycles. The molecule has 0 unspecified atom stereocenters. The predicted octanol–water partition coefficient (Wildman–Crippen LogP) is 5.29. The standard InChI is InChI=1S/C24H26N2O2/c1-5-28-22-11-9-19(10-12-22)18(3)26(4)24(27)21-8-6-7-20(16-21)23-15-17(2)13-14-25-23/h6-16,18H,5H2,1-4H3/t18-/m0/s1. The van der Waals surface area contributed by atoms with E-state index in [1.807, 2.05) is 88.5 Å². The van der Waals surface area contributed by atoms with E-state index in [4.69, 9.17) is 4.74 Å². The number of aromatic nitrogens is 1. The van der Waals surface area contributed by atoms with Crippen LogP contribution in [-0.4, -0.2) is 29.4 Å². The van der Waals surface area contributed by atoms with Gasteiger partial charge in [0.1, 0.15) is 5.75 Å². The number of aryl methyl sites for hydroxylation is 1. The van der Waals surface area contributed by atoms with Crippen molar-refractivity contribution in [1.82, 2.24) is 9.88 Å². The molecule has 28 heavy (non-hydrogen) atoms. The van der Waals surface area contributed by atoms with Gasteiger partial charge in [0, 0.05) is 24.4 Å². The molecule has 1 amide bonds. The summed E-state index contributed by atoms with van der Waals surface area (Å²) in [7, 11) is 1.83. The fourth-order valence-electron chi connectivity index (χ4n) is 3.12. The Labute approximate surface area is 166 Å². The Bertz CT molecular complexity index is 951. The molecule has 0 radical (unpaired) electrons. The van der Waals surface area contributed by atoms with Gasteiger partial charge in [-0.2, -0.15) is 0 Å². The molecular formula is C24H26N2O2. The molecule has 0 aliphatic rings. The highest BCUT2D eigenvalue weighted by atomic mass is 16.5. The number of carbonyl (C=O) groups is 1. The van der Waals surface area contributed by atoms with Crippen molar-refractivity contribution >= 4 is 5.91 Å². The summed E-state index contributed by atoms with van der Waals surface area (Å²) in [4.78, 5) is 19.2. The minimum Gasteiger partial charge on any atom is -0.494 e. The number of amides is 1. The highest BCUT2D eigenvalue weighted by molar-refractivity contribution is 5.95. The van der Waals surface area contributed by atoms with Gasteiger partial charge < -0.3 is 9.64 Å².